The fraction of sp³-hybridized carbons (Fsp3) is 0.524. The highest BCUT2D eigenvalue weighted by atomic mass is 16.6. The average molecular weight is 360 g/mol. The Hall–Kier alpha value is -2.14. The topological polar surface area (TPSA) is 81.4 Å². The molecule has 1 rings (SSSR count). The summed E-state index contributed by atoms with van der Waals surface area (Å²) in [5, 5.41) is 0. The van der Waals surface area contributed by atoms with Crippen molar-refractivity contribution >= 4 is 18.0 Å². The summed E-state index contributed by atoms with van der Waals surface area (Å²) in [6.07, 6.45) is 4.84. The summed E-state index contributed by atoms with van der Waals surface area (Å²) in [4.78, 5) is 25.1. The van der Waals surface area contributed by atoms with E-state index in [4.69, 9.17) is 10.6 Å². The first kappa shape index (κ1) is 21.9. The van der Waals surface area contributed by atoms with Crippen LogP contribution >= 0.6 is 0 Å². The molecule has 3 N–H and O–H groups in total. The van der Waals surface area contributed by atoms with Crippen LogP contribution in [-0.2, 0) is 14.3 Å². The highest BCUT2D eigenvalue weighted by Gasteiger charge is 2.35. The second-order valence-corrected chi connectivity index (χ2v) is 7.93. The number of allylic oxidation sites excluding steroid dienone is 1. The van der Waals surface area contributed by atoms with Crippen molar-refractivity contribution in [2.45, 2.75) is 53.1 Å². The van der Waals surface area contributed by atoms with Gasteiger partial charge in [-0.15, -0.1) is 0 Å². The highest BCUT2D eigenvalue weighted by Crippen LogP contribution is 2.27. The van der Waals surface area contributed by atoms with Gasteiger partial charge in [0.2, 0.25) is 5.91 Å². The molecule has 0 saturated carbocycles. The number of nitrogens with one attached hydrogen (secondary N) is 1. The van der Waals surface area contributed by atoms with E-state index < -0.39 is 17.4 Å². The van der Waals surface area contributed by atoms with Crippen molar-refractivity contribution in [2.75, 3.05) is 0 Å². The summed E-state index contributed by atoms with van der Waals surface area (Å²) in [7, 11) is 0. The van der Waals surface area contributed by atoms with Crippen molar-refractivity contribution in [3.05, 3.63) is 42.0 Å². The van der Waals surface area contributed by atoms with Crippen LogP contribution in [-0.4, -0.2) is 17.5 Å². The smallest absolute Gasteiger partial charge is 0.310 e. The number of ether oxygens (including phenoxy) is 1. The van der Waals surface area contributed by atoms with Gasteiger partial charge >= 0.3 is 5.97 Å². The summed E-state index contributed by atoms with van der Waals surface area (Å²) >= 11 is 0. The van der Waals surface area contributed by atoms with Gasteiger partial charge in [0.1, 0.15) is 5.60 Å². The molecule has 144 valence electrons. The Morgan fingerprint density at radius 2 is 1.77 bits per heavy atom. The van der Waals surface area contributed by atoms with E-state index in [2.05, 4.69) is 5.43 Å². The molecule has 0 fully saturated rings. The molecule has 0 radical (unpaired) electrons. The van der Waals surface area contributed by atoms with Gasteiger partial charge in [-0.25, -0.2) is 5.84 Å². The van der Waals surface area contributed by atoms with E-state index in [-0.39, 0.29) is 17.8 Å². The van der Waals surface area contributed by atoms with Gasteiger partial charge in [0.25, 0.3) is 0 Å². The normalized spacial score (nSPS) is 14.3. The van der Waals surface area contributed by atoms with E-state index >= 15 is 0 Å². The summed E-state index contributed by atoms with van der Waals surface area (Å²) in [6, 6.07) is 9.82. The number of carbonyl (C=O) groups excluding carboxylic acids is 2. The molecule has 0 aliphatic heterocycles. The second-order valence-electron chi connectivity index (χ2n) is 7.93. The van der Waals surface area contributed by atoms with Gasteiger partial charge in [0.15, 0.2) is 0 Å². The average Bonchev–Trinajstić information content (AvgIpc) is 2.55. The molecule has 1 aromatic carbocycles. The van der Waals surface area contributed by atoms with Gasteiger partial charge in [-0.05, 0) is 45.1 Å². The summed E-state index contributed by atoms with van der Waals surface area (Å²) in [6.45, 7) is 9.50. The Morgan fingerprint density at radius 3 is 2.27 bits per heavy atom. The molecular weight excluding hydrogens is 328 g/mol. The molecule has 0 aliphatic carbocycles. The van der Waals surface area contributed by atoms with Gasteiger partial charge in [0, 0.05) is 0 Å². The standard InChI is InChI=1S/C21H32N2O3/c1-15(2)14-18(19(24)23-22)17(20(25)26-21(3,4)5)13-9-12-16-10-7-6-8-11-16/h6-12,15,17-18H,13-14,22H2,1-5H3,(H,23,24)/b12-9+/t17-,18+/m0/s1. The van der Waals surface area contributed by atoms with E-state index in [1.165, 1.54) is 0 Å². The zero-order chi connectivity index (χ0) is 19.7. The molecular formula is C21H32N2O3. The predicted molar refractivity (Wildman–Crippen MR) is 105 cm³/mol. The zero-order valence-corrected chi connectivity index (χ0v) is 16.5. The Kier molecular flexibility index (Phi) is 8.52. The van der Waals surface area contributed by atoms with Crippen LogP contribution in [0.25, 0.3) is 6.08 Å². The zero-order valence-electron chi connectivity index (χ0n) is 16.5. The Labute approximate surface area is 157 Å². The lowest BCUT2D eigenvalue weighted by Gasteiger charge is -2.28. The fourth-order valence-electron chi connectivity index (χ4n) is 2.79. The number of hydrazine groups is 1. The van der Waals surface area contributed by atoms with Gasteiger partial charge in [0.05, 0.1) is 11.8 Å². The van der Waals surface area contributed by atoms with Crippen molar-refractivity contribution in [1.29, 1.82) is 0 Å². The molecule has 0 bridgehead atoms. The van der Waals surface area contributed by atoms with Crippen LogP contribution < -0.4 is 11.3 Å². The first-order valence-electron chi connectivity index (χ1n) is 9.09. The molecule has 0 aliphatic rings. The van der Waals surface area contributed by atoms with Gasteiger partial charge < -0.3 is 4.74 Å². The monoisotopic (exact) mass is 360 g/mol. The molecule has 5 heteroatoms. The first-order chi connectivity index (χ1) is 12.1. The lowest BCUT2D eigenvalue weighted by atomic mass is 9.82. The Balaban J connectivity index is 3.04. The predicted octanol–water partition coefficient (Wildman–Crippen LogP) is 3.70. The molecule has 1 amide bonds. The minimum absolute atomic E-state index is 0.250. The number of amides is 1. The number of hydrogen-bond donors (Lipinski definition) is 2. The number of carbonyl (C=O) groups is 2. The fourth-order valence-corrected chi connectivity index (χ4v) is 2.79. The molecule has 0 aromatic heterocycles. The lowest BCUT2D eigenvalue weighted by molar-refractivity contribution is -0.164. The van der Waals surface area contributed by atoms with E-state index in [9.17, 15) is 9.59 Å². The maximum atomic E-state index is 12.8. The van der Waals surface area contributed by atoms with Gasteiger partial charge in [-0.1, -0.05) is 56.3 Å². The van der Waals surface area contributed by atoms with Crippen molar-refractivity contribution in [1.82, 2.24) is 5.43 Å². The molecule has 1 aromatic rings. The highest BCUT2D eigenvalue weighted by molar-refractivity contribution is 5.85. The van der Waals surface area contributed by atoms with Crippen molar-refractivity contribution < 1.29 is 14.3 Å². The van der Waals surface area contributed by atoms with Crippen LogP contribution in [0, 0.1) is 17.8 Å². The number of hydrogen-bond acceptors (Lipinski definition) is 4. The molecule has 0 unspecified atom stereocenters. The van der Waals surface area contributed by atoms with E-state index in [0.29, 0.717) is 12.8 Å². The largest absolute Gasteiger partial charge is 0.460 e. The van der Waals surface area contributed by atoms with Crippen LogP contribution in [0.1, 0.15) is 53.0 Å². The molecule has 26 heavy (non-hydrogen) atoms. The number of nitrogens with two attached hydrogens (primary N) is 1. The first-order valence-corrected chi connectivity index (χ1v) is 9.09. The third-order valence-electron chi connectivity index (χ3n) is 3.90. The number of esters is 1. The second kappa shape index (κ2) is 10.1. The summed E-state index contributed by atoms with van der Waals surface area (Å²) in [5.74, 6) is 3.80. The van der Waals surface area contributed by atoms with Crippen molar-refractivity contribution in [3.8, 4) is 0 Å². The molecule has 5 nitrogen and oxygen atoms in total. The third kappa shape index (κ3) is 7.83. The molecule has 0 heterocycles. The van der Waals surface area contributed by atoms with Crippen molar-refractivity contribution in [2.24, 2.45) is 23.6 Å². The maximum Gasteiger partial charge on any atom is 0.310 e. The van der Waals surface area contributed by atoms with E-state index in [0.717, 1.165) is 5.56 Å². The van der Waals surface area contributed by atoms with E-state index in [1.54, 1.807) is 0 Å². The minimum atomic E-state index is -0.611. The van der Waals surface area contributed by atoms with Crippen molar-refractivity contribution in [3.63, 3.8) is 0 Å². The summed E-state index contributed by atoms with van der Waals surface area (Å²) < 4.78 is 5.57. The SMILES string of the molecule is CC(C)C[C@@H](C(=O)NN)[C@H](C/C=C/c1ccccc1)C(=O)OC(C)(C)C. The quantitative estimate of drug-likeness (QED) is 0.320. The Bertz CT molecular complexity index is 603. The third-order valence-corrected chi connectivity index (χ3v) is 3.90. The van der Waals surface area contributed by atoms with Crippen LogP contribution in [0.15, 0.2) is 36.4 Å². The van der Waals surface area contributed by atoms with Crippen LogP contribution in [0.4, 0.5) is 0 Å². The van der Waals surface area contributed by atoms with Crippen LogP contribution in [0.3, 0.4) is 0 Å². The lowest BCUT2D eigenvalue weighted by Crippen LogP contribution is -2.43. The van der Waals surface area contributed by atoms with Gasteiger partial charge in [-0.3, -0.25) is 15.0 Å². The number of benzene rings is 1. The summed E-state index contributed by atoms with van der Waals surface area (Å²) in [5.41, 5.74) is 2.64. The van der Waals surface area contributed by atoms with E-state index in [1.807, 2.05) is 77.1 Å². The van der Waals surface area contributed by atoms with Crippen LogP contribution in [0.2, 0.25) is 0 Å². The van der Waals surface area contributed by atoms with Crippen LogP contribution in [0.5, 0.6) is 0 Å². The molecule has 2 atom stereocenters. The Morgan fingerprint density at radius 1 is 1.15 bits per heavy atom. The molecule has 0 saturated heterocycles. The van der Waals surface area contributed by atoms with Gasteiger partial charge in [-0.2, -0.15) is 0 Å². The maximum absolute atomic E-state index is 12.8. The minimum Gasteiger partial charge on any atom is -0.460 e. The number of rotatable bonds is 8. The molecule has 0 spiro atoms.